The first-order valence-electron chi connectivity index (χ1n) is 21.9. The monoisotopic (exact) mass is 835 g/mol. The van der Waals surface area contributed by atoms with Crippen molar-refractivity contribution in [2.75, 3.05) is 68.8 Å². The maximum absolute atomic E-state index is 13.9. The van der Waals surface area contributed by atoms with Gasteiger partial charge in [-0.15, -0.1) is 0 Å². The number of H-pyrrole nitrogens is 1. The van der Waals surface area contributed by atoms with Gasteiger partial charge in [0.2, 0.25) is 17.8 Å². The fourth-order valence-electron chi connectivity index (χ4n) is 11.5. The summed E-state index contributed by atoms with van der Waals surface area (Å²) in [4.78, 5) is 61.6. The van der Waals surface area contributed by atoms with Crippen molar-refractivity contribution in [3.63, 3.8) is 0 Å². The quantitative estimate of drug-likeness (QED) is 0.258. The van der Waals surface area contributed by atoms with Crippen LogP contribution < -0.4 is 19.9 Å². The molecule has 320 valence electrons. The van der Waals surface area contributed by atoms with Crippen molar-refractivity contribution in [2.45, 2.75) is 88.2 Å². The summed E-state index contributed by atoms with van der Waals surface area (Å²) in [5.41, 5.74) is 6.26. The summed E-state index contributed by atoms with van der Waals surface area (Å²) >= 11 is 0. The molecule has 4 fully saturated rings. The van der Waals surface area contributed by atoms with Crippen LogP contribution in [0.5, 0.6) is 5.75 Å². The van der Waals surface area contributed by atoms with Crippen LogP contribution in [0.4, 0.5) is 20.4 Å². The number of carbonyl (C=O) groups excluding carboxylic acids is 3. The molecule has 7 aliphatic heterocycles. The second-order valence-electron chi connectivity index (χ2n) is 18.3. The van der Waals surface area contributed by atoms with E-state index in [0.29, 0.717) is 49.2 Å². The number of rotatable bonds is 7. The summed E-state index contributed by atoms with van der Waals surface area (Å²) in [6, 6.07) is 11.1. The average molecular weight is 836 g/mol. The Kier molecular flexibility index (Phi) is 9.53. The number of aromatic amines is 1. The first-order chi connectivity index (χ1) is 29.6. The second-order valence-corrected chi connectivity index (χ2v) is 18.3. The van der Waals surface area contributed by atoms with Gasteiger partial charge in [-0.2, -0.15) is 0 Å². The SMILES string of the molecule is C[C@H]1Cc2c([nH]c3ccccc23)[C@H](c2cnc(N3CCC4(CC3)C[C@@H](CN3CCN5c6cc7c(cc6OC[C@H]5C3)C(=O)N([C@@H]3CCC(=O)NC3=O)C7)CO4)nc2)N1CC(F)F. The minimum atomic E-state index is -2.45. The van der Waals surface area contributed by atoms with Crippen LogP contribution in [0.25, 0.3) is 10.9 Å². The molecule has 5 atom stereocenters. The van der Waals surface area contributed by atoms with Crippen LogP contribution >= 0.6 is 0 Å². The molecular formula is C45H51F2N9O5. The molecule has 0 radical (unpaired) electrons. The van der Waals surface area contributed by atoms with E-state index < -0.39 is 18.4 Å². The normalized spacial score (nSPS) is 27.6. The molecule has 9 heterocycles. The second kappa shape index (κ2) is 15.0. The molecule has 4 aromatic rings. The molecule has 61 heavy (non-hydrogen) atoms. The number of benzene rings is 2. The van der Waals surface area contributed by atoms with Gasteiger partial charge in [-0.25, -0.2) is 18.7 Å². The van der Waals surface area contributed by atoms with E-state index in [2.05, 4.69) is 37.1 Å². The van der Waals surface area contributed by atoms with Crippen molar-refractivity contribution in [1.29, 1.82) is 0 Å². The number of fused-ring (bicyclic) bond motifs is 7. The Labute approximate surface area is 352 Å². The van der Waals surface area contributed by atoms with Crippen molar-refractivity contribution in [1.82, 2.24) is 35.0 Å². The number of hydrogen-bond donors (Lipinski definition) is 2. The van der Waals surface area contributed by atoms with Crippen molar-refractivity contribution >= 4 is 40.3 Å². The number of nitrogens with zero attached hydrogens (tertiary/aromatic N) is 7. The highest BCUT2D eigenvalue weighted by Gasteiger charge is 2.46. The Hall–Kier alpha value is -5.19. The number of carbonyl (C=O) groups is 3. The van der Waals surface area contributed by atoms with Crippen LogP contribution in [0.3, 0.4) is 0 Å². The maximum atomic E-state index is 13.9. The molecule has 4 saturated heterocycles. The minimum absolute atomic E-state index is 0.0690. The Morgan fingerprint density at radius 3 is 2.62 bits per heavy atom. The van der Waals surface area contributed by atoms with E-state index in [4.69, 9.17) is 19.4 Å². The number of alkyl halides is 2. The minimum Gasteiger partial charge on any atom is -0.489 e. The lowest BCUT2D eigenvalue weighted by molar-refractivity contribution is -0.136. The smallest absolute Gasteiger partial charge is 0.255 e. The Morgan fingerprint density at radius 1 is 1.00 bits per heavy atom. The molecule has 14 nitrogen and oxygen atoms in total. The lowest BCUT2D eigenvalue weighted by Gasteiger charge is -2.46. The first-order valence-corrected chi connectivity index (χ1v) is 21.9. The lowest BCUT2D eigenvalue weighted by Crippen LogP contribution is -2.58. The number of imide groups is 1. The fraction of sp³-hybridized carbons (Fsp3) is 0.533. The van der Waals surface area contributed by atoms with Gasteiger partial charge in [0.05, 0.1) is 36.5 Å². The van der Waals surface area contributed by atoms with Crippen molar-refractivity contribution < 1.29 is 32.6 Å². The molecule has 2 N–H and O–H groups in total. The summed E-state index contributed by atoms with van der Waals surface area (Å²) in [7, 11) is 0. The van der Waals surface area contributed by atoms with Gasteiger partial charge < -0.3 is 29.2 Å². The first kappa shape index (κ1) is 38.7. The van der Waals surface area contributed by atoms with E-state index in [1.54, 1.807) is 4.90 Å². The molecule has 0 saturated carbocycles. The molecule has 0 aliphatic carbocycles. The van der Waals surface area contributed by atoms with Gasteiger partial charge >= 0.3 is 0 Å². The van der Waals surface area contributed by atoms with Gasteiger partial charge in [0, 0.05) is 98.4 Å². The predicted octanol–water partition coefficient (Wildman–Crippen LogP) is 4.28. The third-order valence-corrected chi connectivity index (χ3v) is 14.5. The van der Waals surface area contributed by atoms with E-state index in [9.17, 15) is 23.2 Å². The maximum Gasteiger partial charge on any atom is 0.255 e. The van der Waals surface area contributed by atoms with Crippen LogP contribution in [0.2, 0.25) is 0 Å². The number of halogens is 2. The fourth-order valence-corrected chi connectivity index (χ4v) is 11.5. The lowest BCUT2D eigenvalue weighted by atomic mass is 9.85. The number of anilines is 2. The third-order valence-electron chi connectivity index (χ3n) is 14.5. The number of piperazine rings is 1. The molecule has 2 aromatic carbocycles. The van der Waals surface area contributed by atoms with Crippen molar-refractivity contribution in [3.8, 4) is 5.75 Å². The van der Waals surface area contributed by atoms with Gasteiger partial charge in [0.1, 0.15) is 18.4 Å². The third kappa shape index (κ3) is 6.81. The van der Waals surface area contributed by atoms with E-state index in [1.165, 1.54) is 5.56 Å². The molecule has 16 heteroatoms. The van der Waals surface area contributed by atoms with E-state index >= 15 is 0 Å². The van der Waals surface area contributed by atoms with Crippen LogP contribution in [0.1, 0.15) is 77.8 Å². The Morgan fingerprint density at radius 2 is 1.82 bits per heavy atom. The summed E-state index contributed by atoms with van der Waals surface area (Å²) in [6.07, 6.45) is 5.26. The van der Waals surface area contributed by atoms with E-state index in [1.807, 2.05) is 48.5 Å². The number of piperidine rings is 2. The van der Waals surface area contributed by atoms with Crippen molar-refractivity contribution in [2.24, 2.45) is 5.92 Å². The summed E-state index contributed by atoms with van der Waals surface area (Å²) < 4.78 is 40.8. The zero-order valence-electron chi connectivity index (χ0n) is 34.3. The van der Waals surface area contributed by atoms with Gasteiger partial charge in [-0.3, -0.25) is 29.5 Å². The van der Waals surface area contributed by atoms with Crippen LogP contribution in [-0.2, 0) is 27.3 Å². The number of nitrogens with one attached hydrogen (secondary N) is 2. The summed E-state index contributed by atoms with van der Waals surface area (Å²) in [6.45, 7) is 8.51. The molecule has 7 aliphatic rings. The number of ether oxygens (including phenoxy) is 2. The van der Waals surface area contributed by atoms with Gasteiger partial charge in [0.25, 0.3) is 12.3 Å². The molecule has 2 aromatic heterocycles. The van der Waals surface area contributed by atoms with Crippen LogP contribution in [-0.4, -0.2) is 137 Å². The zero-order valence-corrected chi connectivity index (χ0v) is 34.3. The largest absolute Gasteiger partial charge is 0.489 e. The Bertz CT molecular complexity index is 2390. The highest BCUT2D eigenvalue weighted by molar-refractivity contribution is 6.06. The molecule has 0 unspecified atom stereocenters. The standard InChI is InChI=1S/C45H51F2N9O5/c1-26-14-33-31-4-2-3-5-34(31)50-40(33)41(55(26)23-38(46)47)29-18-48-44(49-19-29)53-10-8-45(9-11-53)17-27(24-61-45)20-52-12-13-54-30(22-52)25-60-37-16-32-28(15-36(37)54)21-56(43(32)59)35-6-7-39(57)51-42(35)58/h2-5,15-16,18-19,26-27,30,35,38,41,50H,6-14,17,20-25H2,1H3,(H,51,57,58)/t26-,27-,30+,35+,41-/m0/s1. The summed E-state index contributed by atoms with van der Waals surface area (Å²) in [5.74, 6) is 0.907. The number of para-hydroxylation sites is 1. The van der Waals surface area contributed by atoms with Crippen LogP contribution in [0, 0.1) is 5.92 Å². The Balaban J connectivity index is 0.702. The predicted molar refractivity (Wildman–Crippen MR) is 222 cm³/mol. The molecule has 1 spiro atoms. The van der Waals surface area contributed by atoms with Gasteiger partial charge in [-0.1, -0.05) is 18.2 Å². The topological polar surface area (TPSA) is 139 Å². The molecule has 11 rings (SSSR count). The molecular weight excluding hydrogens is 785 g/mol. The van der Waals surface area contributed by atoms with Gasteiger partial charge in [-0.05, 0) is 74.3 Å². The van der Waals surface area contributed by atoms with Crippen molar-refractivity contribution in [3.05, 3.63) is 76.7 Å². The summed E-state index contributed by atoms with van der Waals surface area (Å²) in [5, 5.41) is 3.52. The average Bonchev–Trinajstić information content (AvgIpc) is 3.93. The zero-order chi connectivity index (χ0) is 41.6. The number of aromatic nitrogens is 3. The van der Waals surface area contributed by atoms with Gasteiger partial charge in [0.15, 0.2) is 0 Å². The van der Waals surface area contributed by atoms with Crippen LogP contribution in [0.15, 0.2) is 48.8 Å². The number of hydrogen-bond acceptors (Lipinski definition) is 11. The highest BCUT2D eigenvalue weighted by atomic mass is 19.3. The highest BCUT2D eigenvalue weighted by Crippen LogP contribution is 2.44. The van der Waals surface area contributed by atoms with E-state index in [-0.39, 0.29) is 48.5 Å². The molecule has 0 bridgehead atoms. The number of amides is 3. The molecule has 3 amide bonds. The van der Waals surface area contributed by atoms with E-state index in [0.717, 1.165) is 98.5 Å².